The van der Waals surface area contributed by atoms with Crippen molar-refractivity contribution >= 4 is 5.97 Å². The van der Waals surface area contributed by atoms with Crippen molar-refractivity contribution in [3.05, 3.63) is 51.5 Å². The maximum Gasteiger partial charge on any atom is 0.342 e. The normalized spacial score (nSPS) is 11.5. The Morgan fingerprint density at radius 3 is 2.38 bits per heavy atom. The van der Waals surface area contributed by atoms with Crippen molar-refractivity contribution in [2.24, 2.45) is 5.41 Å². The molecule has 0 bridgehead atoms. The summed E-state index contributed by atoms with van der Waals surface area (Å²) in [4.78, 5) is 24.3. The summed E-state index contributed by atoms with van der Waals surface area (Å²) in [6.07, 6.45) is 1.85. The van der Waals surface area contributed by atoms with Gasteiger partial charge < -0.3 is 13.6 Å². The SMILES string of the molecule is Cc1ccc(CCCc2c(OC(=O)C(C)(C)C)cc(C)oc2=O)o1. The molecule has 0 atom stereocenters. The summed E-state index contributed by atoms with van der Waals surface area (Å²) in [5.41, 5.74) is -0.712. The third-order valence-electron chi connectivity index (χ3n) is 3.59. The van der Waals surface area contributed by atoms with Crippen LogP contribution in [-0.4, -0.2) is 5.97 Å². The van der Waals surface area contributed by atoms with Crippen LogP contribution in [0.5, 0.6) is 5.75 Å². The monoisotopic (exact) mass is 332 g/mol. The zero-order valence-electron chi connectivity index (χ0n) is 14.9. The first-order chi connectivity index (χ1) is 11.2. The summed E-state index contributed by atoms with van der Waals surface area (Å²) in [5, 5.41) is 0. The maximum absolute atomic E-state index is 12.2. The van der Waals surface area contributed by atoms with Crippen molar-refractivity contribution in [3.8, 4) is 5.75 Å². The maximum atomic E-state index is 12.2. The highest BCUT2D eigenvalue weighted by Gasteiger charge is 2.25. The fraction of sp³-hybridized carbons (Fsp3) is 0.474. The third-order valence-corrected chi connectivity index (χ3v) is 3.59. The van der Waals surface area contributed by atoms with E-state index in [-0.39, 0.29) is 5.97 Å². The van der Waals surface area contributed by atoms with Gasteiger partial charge in [0.1, 0.15) is 23.0 Å². The smallest absolute Gasteiger partial charge is 0.342 e. The number of furan rings is 1. The van der Waals surface area contributed by atoms with E-state index < -0.39 is 11.0 Å². The van der Waals surface area contributed by atoms with Crippen molar-refractivity contribution < 1.29 is 18.4 Å². The highest BCUT2D eigenvalue weighted by atomic mass is 16.5. The molecule has 0 saturated heterocycles. The molecule has 0 aliphatic heterocycles. The number of rotatable bonds is 5. The highest BCUT2D eigenvalue weighted by molar-refractivity contribution is 5.78. The highest BCUT2D eigenvalue weighted by Crippen LogP contribution is 2.23. The van der Waals surface area contributed by atoms with Gasteiger partial charge in [0.25, 0.3) is 0 Å². The molecule has 0 saturated carbocycles. The summed E-state index contributed by atoms with van der Waals surface area (Å²) in [6.45, 7) is 8.86. The second kappa shape index (κ2) is 7.07. The quantitative estimate of drug-likeness (QED) is 0.775. The van der Waals surface area contributed by atoms with Gasteiger partial charge >= 0.3 is 11.6 Å². The van der Waals surface area contributed by atoms with Gasteiger partial charge in [-0.3, -0.25) is 4.79 Å². The molecule has 2 heterocycles. The largest absolute Gasteiger partial charge is 0.466 e. The molecule has 5 heteroatoms. The van der Waals surface area contributed by atoms with Crippen molar-refractivity contribution in [2.75, 3.05) is 0 Å². The van der Waals surface area contributed by atoms with Crippen LogP contribution >= 0.6 is 0 Å². The summed E-state index contributed by atoms with van der Waals surface area (Å²) in [5.74, 6) is 2.06. The lowest BCUT2D eigenvalue weighted by molar-refractivity contribution is -0.143. The van der Waals surface area contributed by atoms with Gasteiger partial charge in [0.05, 0.1) is 11.0 Å². The Morgan fingerprint density at radius 2 is 1.79 bits per heavy atom. The molecule has 0 N–H and O–H groups in total. The Kier molecular flexibility index (Phi) is 5.32. The molecule has 0 spiro atoms. The van der Waals surface area contributed by atoms with Crippen molar-refractivity contribution in [1.82, 2.24) is 0 Å². The molecule has 0 aliphatic rings. The van der Waals surface area contributed by atoms with E-state index in [9.17, 15) is 9.59 Å². The lowest BCUT2D eigenvalue weighted by Crippen LogP contribution is -2.27. The van der Waals surface area contributed by atoms with Crippen LogP contribution in [0.15, 0.2) is 31.8 Å². The van der Waals surface area contributed by atoms with Gasteiger partial charge in [-0.1, -0.05) is 0 Å². The molecule has 2 rings (SSSR count). The van der Waals surface area contributed by atoms with Crippen LogP contribution in [0, 0.1) is 19.3 Å². The van der Waals surface area contributed by atoms with Crippen molar-refractivity contribution in [3.63, 3.8) is 0 Å². The van der Waals surface area contributed by atoms with E-state index in [4.69, 9.17) is 13.6 Å². The lowest BCUT2D eigenvalue weighted by Gasteiger charge is -2.17. The molecule has 130 valence electrons. The Hall–Kier alpha value is -2.30. The third kappa shape index (κ3) is 4.60. The minimum atomic E-state index is -0.646. The predicted octanol–water partition coefficient (Wildman–Crippen LogP) is 3.98. The van der Waals surface area contributed by atoms with Crippen LogP contribution in [0.3, 0.4) is 0 Å². The van der Waals surface area contributed by atoms with Gasteiger partial charge in [-0.05, 0) is 59.6 Å². The van der Waals surface area contributed by atoms with Gasteiger partial charge in [0, 0.05) is 12.5 Å². The van der Waals surface area contributed by atoms with E-state index in [0.29, 0.717) is 36.3 Å². The molecule has 2 aromatic rings. The molecule has 0 aromatic carbocycles. The molecule has 24 heavy (non-hydrogen) atoms. The fourth-order valence-electron chi connectivity index (χ4n) is 2.24. The summed E-state index contributed by atoms with van der Waals surface area (Å²) in [6, 6.07) is 5.43. The standard InChI is InChI=1S/C19H24O5/c1-12-9-10-14(22-12)7-6-8-15-16(11-13(2)23-17(15)20)24-18(21)19(3,4)5/h9-11H,6-8H2,1-5H3. The minimum absolute atomic E-state index is 0.291. The second-order valence-electron chi connectivity index (χ2n) is 6.99. The van der Waals surface area contributed by atoms with E-state index in [0.717, 1.165) is 11.5 Å². The molecular weight excluding hydrogens is 308 g/mol. The second-order valence-corrected chi connectivity index (χ2v) is 6.99. The van der Waals surface area contributed by atoms with Crippen LogP contribution < -0.4 is 10.4 Å². The molecule has 0 amide bonds. The number of ether oxygens (including phenoxy) is 1. The molecule has 0 unspecified atom stereocenters. The lowest BCUT2D eigenvalue weighted by atomic mass is 9.97. The van der Waals surface area contributed by atoms with Crippen molar-refractivity contribution in [1.29, 1.82) is 0 Å². The van der Waals surface area contributed by atoms with Crippen LogP contribution in [-0.2, 0) is 17.6 Å². The number of esters is 1. The van der Waals surface area contributed by atoms with Crippen LogP contribution in [0.4, 0.5) is 0 Å². The molecule has 0 aliphatic carbocycles. The van der Waals surface area contributed by atoms with Gasteiger partial charge in [0.2, 0.25) is 0 Å². The number of carbonyl (C=O) groups excluding carboxylic acids is 1. The molecular formula is C19H24O5. The molecule has 0 fully saturated rings. The number of aryl methyl sites for hydroxylation is 3. The summed E-state index contributed by atoms with van der Waals surface area (Å²) < 4.78 is 16.1. The number of carbonyl (C=O) groups is 1. The van der Waals surface area contributed by atoms with E-state index in [2.05, 4.69) is 0 Å². The Balaban J connectivity index is 2.15. The first-order valence-corrected chi connectivity index (χ1v) is 8.08. The average Bonchev–Trinajstić information content (AvgIpc) is 2.86. The van der Waals surface area contributed by atoms with Crippen molar-refractivity contribution in [2.45, 2.75) is 53.9 Å². The van der Waals surface area contributed by atoms with E-state index >= 15 is 0 Å². The van der Waals surface area contributed by atoms with Crippen LogP contribution in [0.2, 0.25) is 0 Å². The molecule has 0 radical (unpaired) electrons. The number of hydrogen-bond acceptors (Lipinski definition) is 5. The Morgan fingerprint density at radius 1 is 1.08 bits per heavy atom. The average molecular weight is 332 g/mol. The zero-order valence-corrected chi connectivity index (χ0v) is 14.9. The van der Waals surface area contributed by atoms with Crippen LogP contribution in [0.25, 0.3) is 0 Å². The molecule has 5 nitrogen and oxygen atoms in total. The van der Waals surface area contributed by atoms with E-state index in [1.807, 2.05) is 19.1 Å². The fourth-order valence-corrected chi connectivity index (χ4v) is 2.24. The van der Waals surface area contributed by atoms with E-state index in [1.165, 1.54) is 0 Å². The van der Waals surface area contributed by atoms with Gasteiger partial charge in [-0.2, -0.15) is 0 Å². The first-order valence-electron chi connectivity index (χ1n) is 8.08. The number of hydrogen-bond donors (Lipinski definition) is 0. The minimum Gasteiger partial charge on any atom is -0.466 e. The van der Waals surface area contributed by atoms with Gasteiger partial charge in [-0.25, -0.2) is 4.79 Å². The summed E-state index contributed by atoms with van der Waals surface area (Å²) in [7, 11) is 0. The summed E-state index contributed by atoms with van der Waals surface area (Å²) >= 11 is 0. The van der Waals surface area contributed by atoms with E-state index in [1.54, 1.807) is 33.8 Å². The van der Waals surface area contributed by atoms with Gasteiger partial charge in [-0.15, -0.1) is 0 Å². The van der Waals surface area contributed by atoms with Crippen LogP contribution in [0.1, 0.15) is 50.0 Å². The zero-order chi connectivity index (χ0) is 17.9. The Bertz CT molecular complexity index is 774. The molecule has 2 aromatic heterocycles. The first kappa shape index (κ1) is 18.0. The predicted molar refractivity (Wildman–Crippen MR) is 90.3 cm³/mol. The van der Waals surface area contributed by atoms with Gasteiger partial charge in [0.15, 0.2) is 0 Å². The topological polar surface area (TPSA) is 69.7 Å². The Labute approximate surface area is 141 Å².